The summed E-state index contributed by atoms with van der Waals surface area (Å²) in [7, 11) is 0. The number of hydrogen-bond acceptors (Lipinski definition) is 5. The molecule has 0 bridgehead atoms. The lowest BCUT2D eigenvalue weighted by Crippen LogP contribution is -2.40. The Kier molecular flexibility index (Phi) is 6.95. The molecule has 0 aromatic carbocycles. The van der Waals surface area contributed by atoms with Gasteiger partial charge in [-0.2, -0.15) is 0 Å². The second kappa shape index (κ2) is 8.80. The number of aromatic nitrogens is 1. The molecule has 0 spiro atoms. The van der Waals surface area contributed by atoms with Gasteiger partial charge in [-0.05, 0) is 31.4 Å². The summed E-state index contributed by atoms with van der Waals surface area (Å²) < 4.78 is 2.47. The fourth-order valence-electron chi connectivity index (χ4n) is 2.44. The van der Waals surface area contributed by atoms with Crippen LogP contribution in [0.4, 0.5) is 0 Å². The van der Waals surface area contributed by atoms with Gasteiger partial charge in [0.05, 0.1) is 4.53 Å². The molecule has 0 aliphatic carbocycles. The fraction of sp³-hybridized carbons (Fsp3) is 0.450. The zero-order chi connectivity index (χ0) is 20.2. The molecule has 27 heavy (non-hydrogen) atoms. The van der Waals surface area contributed by atoms with Crippen LogP contribution in [-0.2, 0) is 16.1 Å². The molecule has 0 atom stereocenters. The summed E-state index contributed by atoms with van der Waals surface area (Å²) in [5.74, 6) is -0.198. The third kappa shape index (κ3) is 5.26. The number of carbonyl (C=O) groups excluding carboxylic acids is 2. The van der Waals surface area contributed by atoms with Crippen molar-refractivity contribution in [2.24, 2.45) is 5.41 Å². The molecule has 2 rings (SSSR count). The van der Waals surface area contributed by atoms with Crippen LogP contribution in [0.5, 0.6) is 0 Å². The topological polar surface area (TPSA) is 59.4 Å². The third-order valence-corrected chi connectivity index (χ3v) is 6.04. The molecule has 0 radical (unpaired) electrons. The Bertz CT molecular complexity index is 972. The highest BCUT2D eigenvalue weighted by molar-refractivity contribution is 7.11. The van der Waals surface area contributed by atoms with Gasteiger partial charge in [0.1, 0.15) is 11.2 Å². The van der Waals surface area contributed by atoms with Crippen molar-refractivity contribution in [3.63, 3.8) is 0 Å². The lowest BCUT2D eigenvalue weighted by atomic mass is 9.91. The van der Waals surface area contributed by atoms with Crippen molar-refractivity contribution < 1.29 is 9.59 Å². The second-order valence-corrected chi connectivity index (χ2v) is 9.22. The first-order chi connectivity index (χ1) is 12.7. The predicted molar refractivity (Wildman–Crippen MR) is 113 cm³/mol. The Morgan fingerprint density at radius 1 is 1.22 bits per heavy atom. The van der Waals surface area contributed by atoms with Crippen LogP contribution < -0.4 is 14.8 Å². The Labute approximate surface area is 167 Å². The molecule has 0 fully saturated rings. The standard InChI is InChI=1S/C20H26N2O3S2/c1-6-21(7-2)17(24)13-22-18(12-16(23)20(3,4)5)27-15(19(22)25)11-14-9-8-10-26-14/h8-12H,6-7,13H2,1-5H3/b15-11+,18-12-. The SMILES string of the molecule is CCN(CC)C(=O)Cn1c(=O)/c(=C\c2cccs2)s/c1=C\C(=O)C(C)(C)C. The molecule has 0 unspecified atom stereocenters. The number of likely N-dealkylation sites (N-methyl/N-ethyl adjacent to an activating group) is 1. The summed E-state index contributed by atoms with van der Waals surface area (Å²) in [6.07, 6.45) is 3.31. The first-order valence-electron chi connectivity index (χ1n) is 8.96. The number of thiophene rings is 1. The van der Waals surface area contributed by atoms with Gasteiger partial charge >= 0.3 is 0 Å². The summed E-state index contributed by atoms with van der Waals surface area (Å²) in [5.41, 5.74) is -0.785. The minimum Gasteiger partial charge on any atom is -0.342 e. The highest BCUT2D eigenvalue weighted by Crippen LogP contribution is 2.15. The fourth-order valence-corrected chi connectivity index (χ4v) is 4.20. The maximum absolute atomic E-state index is 12.9. The minimum atomic E-state index is -0.550. The molecular formula is C20H26N2O3S2. The van der Waals surface area contributed by atoms with Crippen LogP contribution in [0.15, 0.2) is 22.3 Å². The largest absolute Gasteiger partial charge is 0.342 e. The van der Waals surface area contributed by atoms with Crippen LogP contribution >= 0.6 is 22.7 Å². The minimum absolute atomic E-state index is 0.0570. The van der Waals surface area contributed by atoms with Crippen LogP contribution in [0.2, 0.25) is 0 Å². The van der Waals surface area contributed by atoms with Crippen LogP contribution in [-0.4, -0.2) is 34.2 Å². The number of ketones is 1. The summed E-state index contributed by atoms with van der Waals surface area (Å²) >= 11 is 2.79. The van der Waals surface area contributed by atoms with E-state index in [2.05, 4.69) is 0 Å². The van der Waals surface area contributed by atoms with E-state index in [1.807, 2.05) is 58.2 Å². The van der Waals surface area contributed by atoms with Gasteiger partial charge in [0.25, 0.3) is 5.56 Å². The molecule has 1 amide bonds. The molecule has 0 N–H and O–H groups in total. The van der Waals surface area contributed by atoms with Gasteiger partial charge in [-0.3, -0.25) is 19.0 Å². The number of carbonyl (C=O) groups is 2. The highest BCUT2D eigenvalue weighted by Gasteiger charge is 2.20. The molecule has 0 aliphatic heterocycles. The number of thiazole rings is 1. The van der Waals surface area contributed by atoms with Crippen LogP contribution in [0.1, 0.15) is 39.5 Å². The van der Waals surface area contributed by atoms with Crippen molar-refractivity contribution in [2.45, 2.75) is 41.2 Å². The van der Waals surface area contributed by atoms with Gasteiger partial charge in [0, 0.05) is 29.5 Å². The quantitative estimate of drug-likeness (QED) is 0.738. The van der Waals surface area contributed by atoms with E-state index < -0.39 is 5.41 Å². The molecule has 0 saturated carbocycles. The van der Waals surface area contributed by atoms with Crippen molar-refractivity contribution in [2.75, 3.05) is 13.1 Å². The number of hydrogen-bond donors (Lipinski definition) is 0. The average molecular weight is 407 g/mol. The Morgan fingerprint density at radius 2 is 1.89 bits per heavy atom. The molecule has 0 aliphatic rings. The number of Topliss-reactive ketones (excluding diaryl/α,β-unsaturated/α-hetero) is 1. The Hall–Kier alpha value is -1.99. The molecule has 146 valence electrons. The number of nitrogens with zero attached hydrogens (tertiary/aromatic N) is 2. The lowest BCUT2D eigenvalue weighted by Gasteiger charge is -2.18. The Balaban J connectivity index is 2.60. The van der Waals surface area contributed by atoms with E-state index in [9.17, 15) is 14.4 Å². The molecule has 2 aromatic heterocycles. The monoisotopic (exact) mass is 406 g/mol. The zero-order valence-corrected chi connectivity index (χ0v) is 18.1. The van der Waals surface area contributed by atoms with Crippen molar-refractivity contribution in [3.8, 4) is 0 Å². The maximum Gasteiger partial charge on any atom is 0.269 e. The van der Waals surface area contributed by atoms with Gasteiger partial charge in [-0.1, -0.05) is 26.8 Å². The predicted octanol–water partition coefficient (Wildman–Crippen LogP) is 2.06. The first-order valence-corrected chi connectivity index (χ1v) is 10.7. The number of rotatable bonds is 6. The molecular weight excluding hydrogens is 380 g/mol. The van der Waals surface area contributed by atoms with E-state index in [1.165, 1.54) is 33.3 Å². The van der Waals surface area contributed by atoms with Gasteiger partial charge < -0.3 is 4.90 Å². The summed E-state index contributed by atoms with van der Waals surface area (Å²) in [5, 5.41) is 1.94. The molecule has 0 saturated heterocycles. The smallest absolute Gasteiger partial charge is 0.269 e. The van der Waals surface area contributed by atoms with E-state index >= 15 is 0 Å². The van der Waals surface area contributed by atoms with E-state index in [1.54, 1.807) is 4.90 Å². The van der Waals surface area contributed by atoms with Crippen LogP contribution in [0, 0.1) is 5.41 Å². The molecule has 5 nitrogen and oxygen atoms in total. The summed E-state index contributed by atoms with van der Waals surface area (Å²) in [6.45, 7) is 10.4. The highest BCUT2D eigenvalue weighted by atomic mass is 32.1. The summed E-state index contributed by atoms with van der Waals surface area (Å²) in [4.78, 5) is 40.6. The zero-order valence-electron chi connectivity index (χ0n) is 16.4. The third-order valence-electron chi connectivity index (χ3n) is 4.16. The summed E-state index contributed by atoms with van der Waals surface area (Å²) in [6, 6.07) is 3.85. The van der Waals surface area contributed by atoms with E-state index in [0.717, 1.165) is 4.88 Å². The van der Waals surface area contributed by atoms with Gasteiger partial charge in [-0.25, -0.2) is 0 Å². The van der Waals surface area contributed by atoms with Crippen molar-refractivity contribution >= 4 is 46.5 Å². The van der Waals surface area contributed by atoms with Crippen LogP contribution in [0.25, 0.3) is 12.2 Å². The van der Waals surface area contributed by atoms with Gasteiger partial charge in [-0.15, -0.1) is 22.7 Å². The van der Waals surface area contributed by atoms with Crippen LogP contribution in [0.3, 0.4) is 0 Å². The van der Waals surface area contributed by atoms with Gasteiger partial charge in [0.2, 0.25) is 5.91 Å². The Morgan fingerprint density at radius 3 is 2.41 bits per heavy atom. The molecule has 7 heteroatoms. The molecule has 2 heterocycles. The van der Waals surface area contributed by atoms with Crippen molar-refractivity contribution in [3.05, 3.63) is 41.9 Å². The maximum atomic E-state index is 12.9. The van der Waals surface area contributed by atoms with E-state index in [0.29, 0.717) is 22.3 Å². The van der Waals surface area contributed by atoms with Crippen molar-refractivity contribution in [1.29, 1.82) is 0 Å². The van der Waals surface area contributed by atoms with E-state index in [-0.39, 0.29) is 23.8 Å². The molecule has 2 aromatic rings. The lowest BCUT2D eigenvalue weighted by molar-refractivity contribution is -0.131. The average Bonchev–Trinajstić information content (AvgIpc) is 3.19. The first kappa shape index (κ1) is 21.3. The van der Waals surface area contributed by atoms with E-state index in [4.69, 9.17) is 0 Å². The number of amides is 1. The van der Waals surface area contributed by atoms with Crippen molar-refractivity contribution in [1.82, 2.24) is 9.47 Å². The van der Waals surface area contributed by atoms with Gasteiger partial charge in [0.15, 0.2) is 5.78 Å². The second-order valence-electron chi connectivity index (χ2n) is 7.18. The normalized spacial score (nSPS) is 13.2.